The normalized spacial score (nSPS) is 16.5. The summed E-state index contributed by atoms with van der Waals surface area (Å²) in [5, 5.41) is 3.86. The zero-order valence-corrected chi connectivity index (χ0v) is 15.8. The zero-order chi connectivity index (χ0) is 18.0. The summed E-state index contributed by atoms with van der Waals surface area (Å²) in [6, 6.07) is 16.3. The Morgan fingerprint density at radius 1 is 1.20 bits per heavy atom. The Balaban J connectivity index is 1.71. The molecule has 1 fully saturated rings. The molecule has 0 spiro atoms. The maximum Gasteiger partial charge on any atom is 0.230 e. The largest absolute Gasteiger partial charge is 0.353 e. The van der Waals surface area contributed by atoms with E-state index in [1.807, 2.05) is 38.4 Å². The van der Waals surface area contributed by atoms with Crippen LogP contribution < -0.4 is 5.32 Å². The van der Waals surface area contributed by atoms with Gasteiger partial charge in [-0.3, -0.25) is 4.79 Å². The fourth-order valence-corrected chi connectivity index (χ4v) is 3.49. The van der Waals surface area contributed by atoms with Crippen molar-refractivity contribution in [2.45, 2.75) is 31.2 Å². The van der Waals surface area contributed by atoms with Crippen LogP contribution in [-0.4, -0.2) is 31.4 Å². The van der Waals surface area contributed by atoms with Gasteiger partial charge >= 0.3 is 0 Å². The lowest BCUT2D eigenvalue weighted by Crippen LogP contribution is -2.40. The fourth-order valence-electron chi connectivity index (χ4n) is 3.30. The predicted molar refractivity (Wildman–Crippen MR) is 103 cm³/mol. The molecule has 0 radical (unpaired) electrons. The molecule has 1 saturated carbocycles. The first-order chi connectivity index (χ1) is 11.9. The first-order valence-corrected chi connectivity index (χ1v) is 9.07. The maximum atomic E-state index is 12.9. The molecule has 0 heterocycles. The number of benzene rings is 2. The van der Waals surface area contributed by atoms with Crippen molar-refractivity contribution >= 4 is 17.5 Å². The van der Waals surface area contributed by atoms with Gasteiger partial charge in [-0.25, -0.2) is 0 Å². The molecule has 132 valence electrons. The molecule has 1 N–H and O–H groups in total. The van der Waals surface area contributed by atoms with Gasteiger partial charge in [-0.1, -0.05) is 53.6 Å². The van der Waals surface area contributed by atoms with Crippen molar-refractivity contribution < 1.29 is 4.79 Å². The number of halogens is 1. The van der Waals surface area contributed by atoms with Crippen LogP contribution in [0.5, 0.6) is 0 Å². The number of likely N-dealkylation sites (N-methyl/N-ethyl adjacent to an activating group) is 1. The molecule has 1 aliphatic rings. The molecule has 3 nitrogen and oxygen atoms in total. The number of nitrogens with zero attached hydrogens (tertiary/aromatic N) is 1. The minimum absolute atomic E-state index is 0.105. The van der Waals surface area contributed by atoms with Gasteiger partial charge in [-0.2, -0.15) is 0 Å². The van der Waals surface area contributed by atoms with E-state index in [1.165, 1.54) is 11.1 Å². The van der Waals surface area contributed by atoms with Crippen LogP contribution in [-0.2, 0) is 10.2 Å². The van der Waals surface area contributed by atoms with Crippen molar-refractivity contribution in [1.29, 1.82) is 0 Å². The van der Waals surface area contributed by atoms with Gasteiger partial charge < -0.3 is 10.2 Å². The summed E-state index contributed by atoms with van der Waals surface area (Å²) < 4.78 is 0. The lowest BCUT2D eigenvalue weighted by molar-refractivity contribution is -0.123. The molecule has 0 saturated heterocycles. The number of hydrogen-bond donors (Lipinski definition) is 1. The summed E-state index contributed by atoms with van der Waals surface area (Å²) in [5.74, 6) is 0.105. The smallest absolute Gasteiger partial charge is 0.230 e. The minimum Gasteiger partial charge on any atom is -0.353 e. The molecule has 1 atom stereocenters. The van der Waals surface area contributed by atoms with Gasteiger partial charge in [0.1, 0.15) is 0 Å². The number of aryl methyl sites for hydroxylation is 1. The number of rotatable bonds is 6. The summed E-state index contributed by atoms with van der Waals surface area (Å²) in [7, 11) is 4.08. The Hall–Kier alpha value is -1.84. The quantitative estimate of drug-likeness (QED) is 0.845. The van der Waals surface area contributed by atoms with Gasteiger partial charge in [-0.15, -0.1) is 0 Å². The molecule has 3 rings (SSSR count). The Labute approximate surface area is 155 Å². The van der Waals surface area contributed by atoms with Crippen molar-refractivity contribution in [3.8, 4) is 0 Å². The molecule has 25 heavy (non-hydrogen) atoms. The SMILES string of the molecule is Cc1ccc(C(CNC(=O)C2(c3cccc(Cl)c3)CC2)N(C)C)cc1. The Morgan fingerprint density at radius 2 is 1.88 bits per heavy atom. The molecule has 2 aromatic rings. The second kappa shape index (κ2) is 7.19. The summed E-state index contributed by atoms with van der Waals surface area (Å²) in [6.45, 7) is 2.68. The van der Waals surface area contributed by atoms with Gasteiger partial charge in [0, 0.05) is 11.6 Å². The van der Waals surface area contributed by atoms with E-state index in [-0.39, 0.29) is 11.9 Å². The summed E-state index contributed by atoms with van der Waals surface area (Å²) in [6.07, 6.45) is 1.77. The van der Waals surface area contributed by atoms with Gasteiger partial charge in [0.15, 0.2) is 0 Å². The highest BCUT2D eigenvalue weighted by atomic mass is 35.5. The van der Waals surface area contributed by atoms with Crippen molar-refractivity contribution in [2.24, 2.45) is 0 Å². The second-order valence-corrected chi connectivity index (χ2v) is 7.63. The summed E-state index contributed by atoms with van der Waals surface area (Å²) in [4.78, 5) is 15.0. The lowest BCUT2D eigenvalue weighted by atomic mass is 9.94. The lowest BCUT2D eigenvalue weighted by Gasteiger charge is -2.26. The van der Waals surface area contributed by atoms with Crippen molar-refractivity contribution in [3.63, 3.8) is 0 Å². The predicted octanol–water partition coefficient (Wildman–Crippen LogP) is 4.10. The van der Waals surface area contributed by atoms with E-state index in [4.69, 9.17) is 11.6 Å². The van der Waals surface area contributed by atoms with Crippen LogP contribution in [0.15, 0.2) is 48.5 Å². The molecule has 1 aliphatic carbocycles. The molecule has 1 unspecified atom stereocenters. The van der Waals surface area contributed by atoms with Gasteiger partial charge in [-0.05, 0) is 57.1 Å². The molecule has 0 bridgehead atoms. The van der Waals surface area contributed by atoms with E-state index in [0.29, 0.717) is 11.6 Å². The van der Waals surface area contributed by atoms with Crippen molar-refractivity contribution in [2.75, 3.05) is 20.6 Å². The number of carbonyl (C=O) groups is 1. The molecule has 0 aliphatic heterocycles. The van der Waals surface area contributed by atoms with Crippen LogP contribution in [0.2, 0.25) is 5.02 Å². The molecular weight excluding hydrogens is 332 g/mol. The third kappa shape index (κ3) is 3.88. The topological polar surface area (TPSA) is 32.3 Å². The van der Waals surface area contributed by atoms with Gasteiger partial charge in [0.2, 0.25) is 5.91 Å². The van der Waals surface area contributed by atoms with Crippen LogP contribution in [0.4, 0.5) is 0 Å². The first kappa shape index (κ1) is 18.0. The fraction of sp³-hybridized carbons (Fsp3) is 0.381. The number of hydrogen-bond acceptors (Lipinski definition) is 2. The molecule has 1 amide bonds. The van der Waals surface area contributed by atoms with E-state index in [9.17, 15) is 4.79 Å². The highest BCUT2D eigenvalue weighted by Crippen LogP contribution is 2.48. The molecule has 0 aromatic heterocycles. The summed E-state index contributed by atoms with van der Waals surface area (Å²) in [5.41, 5.74) is 3.08. The Bertz CT molecular complexity index is 751. The van der Waals surface area contributed by atoms with Gasteiger partial charge in [0.25, 0.3) is 0 Å². The third-order valence-corrected chi connectivity index (χ3v) is 5.34. The van der Waals surface area contributed by atoms with Crippen LogP contribution >= 0.6 is 11.6 Å². The second-order valence-electron chi connectivity index (χ2n) is 7.19. The molecule has 4 heteroatoms. The molecular formula is C21H25ClN2O. The number of carbonyl (C=O) groups excluding carboxylic acids is 1. The molecule has 2 aromatic carbocycles. The number of nitrogens with one attached hydrogen (secondary N) is 1. The van der Waals surface area contributed by atoms with Crippen LogP contribution in [0.3, 0.4) is 0 Å². The average molecular weight is 357 g/mol. The minimum atomic E-state index is -0.394. The number of amides is 1. The Kier molecular flexibility index (Phi) is 5.16. The third-order valence-electron chi connectivity index (χ3n) is 5.10. The van der Waals surface area contributed by atoms with E-state index in [0.717, 1.165) is 18.4 Å². The monoisotopic (exact) mass is 356 g/mol. The van der Waals surface area contributed by atoms with Crippen LogP contribution in [0.1, 0.15) is 35.6 Å². The van der Waals surface area contributed by atoms with Crippen molar-refractivity contribution in [3.05, 3.63) is 70.2 Å². The zero-order valence-electron chi connectivity index (χ0n) is 15.1. The van der Waals surface area contributed by atoms with Crippen molar-refractivity contribution in [1.82, 2.24) is 10.2 Å². The van der Waals surface area contributed by atoms with Gasteiger partial charge in [0.05, 0.1) is 11.5 Å². The average Bonchev–Trinajstić information content (AvgIpc) is 3.38. The maximum absolute atomic E-state index is 12.9. The standard InChI is InChI=1S/C21H25ClN2O/c1-15-7-9-16(10-8-15)19(24(2)3)14-23-20(25)21(11-12-21)17-5-4-6-18(22)13-17/h4-10,13,19H,11-12,14H2,1-3H3,(H,23,25). The van der Waals surface area contributed by atoms with Crippen LogP contribution in [0, 0.1) is 6.92 Å². The van der Waals surface area contributed by atoms with Crippen LogP contribution in [0.25, 0.3) is 0 Å². The Morgan fingerprint density at radius 3 is 2.44 bits per heavy atom. The van der Waals surface area contributed by atoms with E-state index in [2.05, 4.69) is 41.4 Å². The summed E-state index contributed by atoms with van der Waals surface area (Å²) >= 11 is 6.11. The highest BCUT2D eigenvalue weighted by molar-refractivity contribution is 6.30. The highest BCUT2D eigenvalue weighted by Gasteiger charge is 2.51. The van der Waals surface area contributed by atoms with E-state index in [1.54, 1.807) is 0 Å². The first-order valence-electron chi connectivity index (χ1n) is 8.70. The van der Waals surface area contributed by atoms with E-state index < -0.39 is 5.41 Å². The van der Waals surface area contributed by atoms with E-state index >= 15 is 0 Å².